The Labute approximate surface area is 90.7 Å². The van der Waals surface area contributed by atoms with Crippen LogP contribution in [0.25, 0.3) is 0 Å². The molecule has 0 aromatic carbocycles. The topological polar surface area (TPSA) is 24.1 Å². The highest BCUT2D eigenvalue weighted by molar-refractivity contribution is 7.08. The highest BCUT2D eigenvalue weighted by atomic mass is 32.1. The molecule has 0 radical (unpaired) electrons. The molecule has 1 rings (SSSR count). The van der Waals surface area contributed by atoms with Crippen LogP contribution in [-0.4, -0.2) is 19.1 Å². The summed E-state index contributed by atoms with van der Waals surface area (Å²) in [6.07, 6.45) is 0. The number of likely N-dealkylation sites (N-methyl/N-ethyl adjacent to an activating group) is 1. The third kappa shape index (κ3) is 3.40. The maximum absolute atomic E-state index is 3.46. The van der Waals surface area contributed by atoms with Crippen molar-refractivity contribution in [3.63, 3.8) is 0 Å². The summed E-state index contributed by atoms with van der Waals surface area (Å²) in [4.78, 5) is 0. The molecule has 2 N–H and O–H groups in total. The van der Waals surface area contributed by atoms with Gasteiger partial charge in [-0.25, -0.2) is 0 Å². The highest BCUT2D eigenvalue weighted by Gasteiger charge is 2.13. The van der Waals surface area contributed by atoms with Crippen LogP contribution in [0.3, 0.4) is 0 Å². The van der Waals surface area contributed by atoms with Crippen LogP contribution in [0.4, 0.5) is 0 Å². The van der Waals surface area contributed by atoms with Gasteiger partial charge >= 0.3 is 0 Å². The number of hydrogen-bond acceptors (Lipinski definition) is 3. The lowest BCUT2D eigenvalue weighted by molar-refractivity contribution is 0.393. The van der Waals surface area contributed by atoms with Crippen molar-refractivity contribution < 1.29 is 0 Å². The van der Waals surface area contributed by atoms with E-state index >= 15 is 0 Å². The van der Waals surface area contributed by atoms with Gasteiger partial charge in [-0.2, -0.15) is 11.3 Å². The fourth-order valence-corrected chi connectivity index (χ4v) is 2.02. The van der Waals surface area contributed by atoms with Gasteiger partial charge in [0, 0.05) is 18.6 Å². The molecule has 0 amide bonds. The number of aryl methyl sites for hydroxylation is 1. The van der Waals surface area contributed by atoms with E-state index in [-0.39, 0.29) is 5.54 Å². The third-order valence-electron chi connectivity index (χ3n) is 2.52. The van der Waals surface area contributed by atoms with Crippen molar-refractivity contribution in [3.05, 3.63) is 21.9 Å². The molecule has 0 aliphatic carbocycles. The van der Waals surface area contributed by atoms with Gasteiger partial charge in [-0.05, 0) is 49.7 Å². The number of rotatable bonds is 5. The quantitative estimate of drug-likeness (QED) is 0.781. The molecule has 0 aliphatic rings. The standard InChI is InChI=1S/C11H20N2S/c1-9-6-14-7-10(9)5-13-8-11(2,3)12-4/h6-7,12-13H,5,8H2,1-4H3. The van der Waals surface area contributed by atoms with Gasteiger partial charge in [-0.3, -0.25) is 0 Å². The van der Waals surface area contributed by atoms with Crippen molar-refractivity contribution in [2.45, 2.75) is 32.9 Å². The summed E-state index contributed by atoms with van der Waals surface area (Å²) in [6, 6.07) is 0. The monoisotopic (exact) mass is 212 g/mol. The normalized spacial score (nSPS) is 12.0. The lowest BCUT2D eigenvalue weighted by Crippen LogP contribution is -2.45. The van der Waals surface area contributed by atoms with E-state index in [2.05, 4.69) is 42.2 Å². The van der Waals surface area contributed by atoms with Crippen LogP contribution in [-0.2, 0) is 6.54 Å². The van der Waals surface area contributed by atoms with E-state index in [1.165, 1.54) is 11.1 Å². The van der Waals surface area contributed by atoms with E-state index in [0.717, 1.165) is 13.1 Å². The average molecular weight is 212 g/mol. The Morgan fingerprint density at radius 1 is 1.36 bits per heavy atom. The molecule has 1 heterocycles. The first kappa shape index (κ1) is 11.7. The first-order valence-corrected chi connectivity index (χ1v) is 5.91. The molecular formula is C11H20N2S. The van der Waals surface area contributed by atoms with Crippen molar-refractivity contribution in [2.24, 2.45) is 0 Å². The van der Waals surface area contributed by atoms with Crippen molar-refractivity contribution in [2.75, 3.05) is 13.6 Å². The summed E-state index contributed by atoms with van der Waals surface area (Å²) >= 11 is 1.77. The number of hydrogen-bond donors (Lipinski definition) is 2. The fourth-order valence-electron chi connectivity index (χ4n) is 1.17. The maximum atomic E-state index is 3.46. The summed E-state index contributed by atoms with van der Waals surface area (Å²) in [6.45, 7) is 8.51. The van der Waals surface area contributed by atoms with Crippen molar-refractivity contribution in [1.29, 1.82) is 0 Å². The summed E-state index contributed by atoms with van der Waals surface area (Å²) in [5, 5.41) is 11.2. The van der Waals surface area contributed by atoms with E-state index in [1.54, 1.807) is 11.3 Å². The molecule has 3 heteroatoms. The number of nitrogens with one attached hydrogen (secondary N) is 2. The lowest BCUT2D eigenvalue weighted by Gasteiger charge is -2.24. The molecule has 0 saturated carbocycles. The predicted molar refractivity (Wildman–Crippen MR) is 63.9 cm³/mol. The molecule has 1 aromatic heterocycles. The van der Waals surface area contributed by atoms with Crippen LogP contribution < -0.4 is 10.6 Å². The summed E-state index contributed by atoms with van der Waals surface area (Å²) in [7, 11) is 2.00. The van der Waals surface area contributed by atoms with Crippen LogP contribution in [0.2, 0.25) is 0 Å². The van der Waals surface area contributed by atoms with Crippen LogP contribution in [0.5, 0.6) is 0 Å². The Morgan fingerprint density at radius 2 is 2.07 bits per heavy atom. The van der Waals surface area contributed by atoms with Crippen LogP contribution in [0, 0.1) is 6.92 Å². The minimum absolute atomic E-state index is 0.171. The van der Waals surface area contributed by atoms with Gasteiger partial charge in [0.05, 0.1) is 0 Å². The van der Waals surface area contributed by atoms with E-state index in [0.29, 0.717) is 0 Å². The van der Waals surface area contributed by atoms with Gasteiger partial charge < -0.3 is 10.6 Å². The average Bonchev–Trinajstić information content (AvgIpc) is 2.52. The minimum atomic E-state index is 0.171. The largest absolute Gasteiger partial charge is 0.314 e. The molecule has 0 saturated heterocycles. The summed E-state index contributed by atoms with van der Waals surface area (Å²) < 4.78 is 0. The molecule has 14 heavy (non-hydrogen) atoms. The molecule has 1 aromatic rings. The predicted octanol–water partition coefficient (Wildman–Crippen LogP) is 2.14. The molecule has 0 fully saturated rings. The van der Waals surface area contributed by atoms with Gasteiger partial charge in [0.1, 0.15) is 0 Å². The smallest absolute Gasteiger partial charge is 0.0246 e. The molecule has 0 bridgehead atoms. The van der Waals surface area contributed by atoms with Crippen LogP contribution in [0.1, 0.15) is 25.0 Å². The molecule has 80 valence electrons. The first-order valence-electron chi connectivity index (χ1n) is 4.96. The molecule has 0 aliphatic heterocycles. The molecule has 0 unspecified atom stereocenters. The van der Waals surface area contributed by atoms with Crippen LogP contribution >= 0.6 is 11.3 Å². The van der Waals surface area contributed by atoms with Gasteiger partial charge in [0.25, 0.3) is 0 Å². The van der Waals surface area contributed by atoms with Crippen molar-refractivity contribution in [1.82, 2.24) is 10.6 Å². The van der Waals surface area contributed by atoms with E-state index in [9.17, 15) is 0 Å². The molecule has 2 nitrogen and oxygen atoms in total. The Bertz CT molecular complexity index is 279. The summed E-state index contributed by atoms with van der Waals surface area (Å²) in [5.74, 6) is 0. The zero-order valence-electron chi connectivity index (χ0n) is 9.48. The second kappa shape index (κ2) is 4.91. The van der Waals surface area contributed by atoms with Crippen LogP contribution in [0.15, 0.2) is 10.8 Å². The molecular weight excluding hydrogens is 192 g/mol. The summed E-state index contributed by atoms with van der Waals surface area (Å²) in [5.41, 5.74) is 2.98. The van der Waals surface area contributed by atoms with E-state index < -0.39 is 0 Å². The Balaban J connectivity index is 2.32. The van der Waals surface area contributed by atoms with Gasteiger partial charge in [-0.15, -0.1) is 0 Å². The molecule has 0 atom stereocenters. The van der Waals surface area contributed by atoms with Gasteiger partial charge in [0.15, 0.2) is 0 Å². The first-order chi connectivity index (χ1) is 6.55. The van der Waals surface area contributed by atoms with Crippen molar-refractivity contribution >= 4 is 11.3 Å². The fraction of sp³-hybridized carbons (Fsp3) is 0.636. The second-order valence-electron chi connectivity index (χ2n) is 4.32. The molecule has 0 spiro atoms. The zero-order valence-corrected chi connectivity index (χ0v) is 10.3. The lowest BCUT2D eigenvalue weighted by atomic mass is 10.1. The third-order valence-corrected chi connectivity index (χ3v) is 3.43. The van der Waals surface area contributed by atoms with E-state index in [1.807, 2.05) is 7.05 Å². The van der Waals surface area contributed by atoms with E-state index in [4.69, 9.17) is 0 Å². The minimum Gasteiger partial charge on any atom is -0.314 e. The highest BCUT2D eigenvalue weighted by Crippen LogP contribution is 2.13. The second-order valence-corrected chi connectivity index (χ2v) is 5.06. The zero-order chi connectivity index (χ0) is 10.6. The van der Waals surface area contributed by atoms with Gasteiger partial charge in [0.2, 0.25) is 0 Å². The van der Waals surface area contributed by atoms with Crippen molar-refractivity contribution in [3.8, 4) is 0 Å². The Hall–Kier alpha value is -0.380. The Kier molecular flexibility index (Phi) is 4.11. The Morgan fingerprint density at radius 3 is 2.57 bits per heavy atom. The maximum Gasteiger partial charge on any atom is 0.0246 e. The number of thiophene rings is 1. The SMILES string of the molecule is CNC(C)(C)CNCc1cscc1C. The van der Waals surface area contributed by atoms with Gasteiger partial charge in [-0.1, -0.05) is 0 Å².